The smallest absolute Gasteiger partial charge is 0.344 e. The zero-order valence-corrected chi connectivity index (χ0v) is 16.3. The Labute approximate surface area is 168 Å². The third kappa shape index (κ3) is 6.53. The number of esters is 1. The van der Waals surface area contributed by atoms with Crippen LogP contribution in [0.5, 0.6) is 5.75 Å². The Morgan fingerprint density at radius 1 is 1.03 bits per heavy atom. The molecule has 0 saturated carbocycles. The first-order valence-electron chi connectivity index (χ1n) is 9.10. The van der Waals surface area contributed by atoms with Gasteiger partial charge in [0.05, 0.1) is 19.2 Å². The van der Waals surface area contributed by atoms with E-state index < -0.39 is 12.0 Å². The van der Waals surface area contributed by atoms with Gasteiger partial charge < -0.3 is 14.8 Å². The van der Waals surface area contributed by atoms with Crippen LogP contribution in [0.2, 0.25) is 0 Å². The molecule has 0 spiro atoms. The summed E-state index contributed by atoms with van der Waals surface area (Å²) in [5.41, 5.74) is 8.51. The maximum Gasteiger partial charge on any atom is 0.344 e. The lowest BCUT2D eigenvalue weighted by Gasteiger charge is -2.14. The van der Waals surface area contributed by atoms with Crippen LogP contribution in [0, 0.1) is 5.53 Å². The van der Waals surface area contributed by atoms with Crippen molar-refractivity contribution in [2.75, 3.05) is 13.2 Å². The van der Waals surface area contributed by atoms with Gasteiger partial charge in [-0.2, -0.15) is 5.11 Å². The molecule has 0 unspecified atom stereocenters. The number of benzene rings is 2. The minimum absolute atomic E-state index is 0.206. The summed E-state index contributed by atoms with van der Waals surface area (Å²) in [5.74, 6) is -0.647. The van der Waals surface area contributed by atoms with Gasteiger partial charge in [0.25, 0.3) is 5.91 Å². The van der Waals surface area contributed by atoms with Crippen molar-refractivity contribution >= 4 is 17.7 Å². The number of carbonyl (C=O) groups is 3. The Bertz CT molecular complexity index is 863. The molecule has 0 aliphatic rings. The molecule has 152 valence electrons. The van der Waals surface area contributed by atoms with Crippen molar-refractivity contribution in [1.82, 2.24) is 5.32 Å². The number of rotatable bonds is 10. The van der Waals surface area contributed by atoms with Crippen LogP contribution in [0.1, 0.15) is 40.1 Å². The number of hydrogen-bond donors (Lipinski definition) is 2. The molecule has 0 saturated heterocycles. The number of hydrogen-bond acceptors (Lipinski definition) is 7. The molecule has 8 nitrogen and oxygen atoms in total. The van der Waals surface area contributed by atoms with E-state index in [1.807, 2.05) is 0 Å². The molecule has 2 aromatic carbocycles. The van der Waals surface area contributed by atoms with Crippen molar-refractivity contribution in [3.63, 3.8) is 0 Å². The van der Waals surface area contributed by atoms with Gasteiger partial charge in [-0.15, -0.1) is 0 Å². The van der Waals surface area contributed by atoms with Gasteiger partial charge in [-0.1, -0.05) is 12.1 Å². The topological polar surface area (TPSA) is 118 Å². The average Bonchev–Trinajstić information content (AvgIpc) is 2.73. The lowest BCUT2D eigenvalue weighted by molar-refractivity contribution is -0.145. The molecule has 2 N–H and O–H groups in total. The summed E-state index contributed by atoms with van der Waals surface area (Å²) in [6.45, 7) is 3.66. The summed E-state index contributed by atoms with van der Waals surface area (Å²) >= 11 is 0. The van der Waals surface area contributed by atoms with Crippen LogP contribution < -0.4 is 10.1 Å². The van der Waals surface area contributed by atoms with Crippen LogP contribution in [0.3, 0.4) is 0 Å². The van der Waals surface area contributed by atoms with Gasteiger partial charge in [0, 0.05) is 11.1 Å². The minimum atomic E-state index is -0.725. The third-order valence-electron chi connectivity index (χ3n) is 4.02. The van der Waals surface area contributed by atoms with E-state index in [0.29, 0.717) is 16.9 Å². The van der Waals surface area contributed by atoms with Gasteiger partial charge in [0.15, 0.2) is 12.4 Å². The zero-order chi connectivity index (χ0) is 21.2. The molecule has 0 bridgehead atoms. The van der Waals surface area contributed by atoms with Gasteiger partial charge in [-0.3, -0.25) is 9.59 Å². The molecule has 0 aliphatic carbocycles. The Kier molecular flexibility index (Phi) is 8.02. The highest BCUT2D eigenvalue weighted by Gasteiger charge is 2.18. The van der Waals surface area contributed by atoms with Gasteiger partial charge >= 0.3 is 5.97 Å². The van der Waals surface area contributed by atoms with Crippen LogP contribution in [-0.2, 0) is 16.1 Å². The maximum absolute atomic E-state index is 12.6. The second-order valence-electron chi connectivity index (χ2n) is 6.19. The number of Topliss-reactive ketones (excluding diaryl/α,β-unsaturated/α-hetero) is 1. The molecule has 0 heterocycles. The molecule has 0 radical (unpaired) electrons. The van der Waals surface area contributed by atoms with Crippen molar-refractivity contribution in [3.8, 4) is 5.75 Å². The molecule has 2 rings (SSSR count). The fraction of sp³-hybridized carbons (Fsp3) is 0.286. The molecule has 1 atom stereocenters. The van der Waals surface area contributed by atoms with Crippen molar-refractivity contribution in [2.24, 2.45) is 5.11 Å². The second-order valence-corrected chi connectivity index (χ2v) is 6.19. The highest BCUT2D eigenvalue weighted by Crippen LogP contribution is 2.14. The summed E-state index contributed by atoms with van der Waals surface area (Å²) < 4.78 is 10.1. The Morgan fingerprint density at radius 2 is 1.66 bits per heavy atom. The number of nitrogens with zero attached hydrogens (tertiary/aromatic N) is 1. The largest absolute Gasteiger partial charge is 0.482 e. The van der Waals surface area contributed by atoms with Gasteiger partial charge in [0.1, 0.15) is 5.75 Å². The maximum atomic E-state index is 12.6. The number of ketones is 1. The number of carbonyl (C=O) groups excluding carboxylic acids is 3. The van der Waals surface area contributed by atoms with Crippen molar-refractivity contribution in [2.45, 2.75) is 26.4 Å². The Morgan fingerprint density at radius 3 is 2.24 bits per heavy atom. The molecule has 8 heteroatoms. The zero-order valence-electron chi connectivity index (χ0n) is 16.3. The summed E-state index contributed by atoms with van der Waals surface area (Å²) in [6, 6.07) is 12.3. The molecule has 0 aliphatic heterocycles. The highest BCUT2D eigenvalue weighted by atomic mass is 16.6. The van der Waals surface area contributed by atoms with Gasteiger partial charge in [0.2, 0.25) is 0 Å². The van der Waals surface area contributed by atoms with E-state index in [-0.39, 0.29) is 31.4 Å². The van der Waals surface area contributed by atoms with Crippen LogP contribution in [0.25, 0.3) is 0 Å². The monoisotopic (exact) mass is 397 g/mol. The molecular weight excluding hydrogens is 374 g/mol. The predicted octanol–water partition coefficient (Wildman–Crippen LogP) is 3.16. The van der Waals surface area contributed by atoms with E-state index in [1.54, 1.807) is 62.4 Å². The lowest BCUT2D eigenvalue weighted by Crippen LogP contribution is -2.38. The molecule has 0 aromatic heterocycles. The van der Waals surface area contributed by atoms with E-state index >= 15 is 0 Å². The van der Waals surface area contributed by atoms with Crippen molar-refractivity contribution in [1.29, 1.82) is 5.53 Å². The Hall–Kier alpha value is -3.55. The van der Waals surface area contributed by atoms with Crippen LogP contribution in [0.15, 0.2) is 53.6 Å². The number of nitrogens with one attached hydrogen (secondary N) is 2. The van der Waals surface area contributed by atoms with E-state index in [9.17, 15) is 14.4 Å². The first-order chi connectivity index (χ1) is 13.9. The van der Waals surface area contributed by atoms with E-state index in [0.717, 1.165) is 5.56 Å². The lowest BCUT2D eigenvalue weighted by atomic mass is 10.0. The van der Waals surface area contributed by atoms with Crippen LogP contribution >= 0.6 is 0 Å². The average molecular weight is 397 g/mol. The quantitative estimate of drug-likeness (QED) is 0.363. The molecule has 0 fully saturated rings. The summed E-state index contributed by atoms with van der Waals surface area (Å²) in [4.78, 5) is 36.2. The SMILES string of the molecule is CCOC(=O)COc1ccc(C(=O)[C@H](C)NC(=O)c2ccc(CN=N)cc2)cc1. The highest BCUT2D eigenvalue weighted by molar-refractivity contribution is 6.04. The van der Waals surface area contributed by atoms with E-state index in [1.165, 1.54) is 0 Å². The third-order valence-corrected chi connectivity index (χ3v) is 4.02. The molecule has 29 heavy (non-hydrogen) atoms. The number of ether oxygens (including phenoxy) is 2. The van der Waals surface area contributed by atoms with Crippen molar-refractivity contribution < 1.29 is 23.9 Å². The van der Waals surface area contributed by atoms with Crippen LogP contribution in [0.4, 0.5) is 0 Å². The number of amides is 1. The molecular formula is C21H23N3O5. The molecule has 1 amide bonds. The predicted molar refractivity (Wildman–Crippen MR) is 105 cm³/mol. The Balaban J connectivity index is 1.92. The normalized spacial score (nSPS) is 11.2. The fourth-order valence-electron chi connectivity index (χ4n) is 2.51. The van der Waals surface area contributed by atoms with Gasteiger partial charge in [-0.25, -0.2) is 10.3 Å². The van der Waals surface area contributed by atoms with Gasteiger partial charge in [-0.05, 0) is 55.8 Å². The summed E-state index contributed by atoms with van der Waals surface area (Å²) in [6.07, 6.45) is 0. The van der Waals surface area contributed by atoms with Crippen LogP contribution in [-0.4, -0.2) is 36.9 Å². The first-order valence-corrected chi connectivity index (χ1v) is 9.10. The van der Waals surface area contributed by atoms with E-state index in [2.05, 4.69) is 10.4 Å². The minimum Gasteiger partial charge on any atom is -0.482 e. The first kappa shape index (κ1) is 21.7. The van der Waals surface area contributed by atoms with E-state index in [4.69, 9.17) is 15.0 Å². The summed E-state index contributed by atoms with van der Waals surface area (Å²) in [5, 5.41) is 5.97. The summed E-state index contributed by atoms with van der Waals surface area (Å²) in [7, 11) is 0. The second kappa shape index (κ2) is 10.7. The van der Waals surface area contributed by atoms with Crippen molar-refractivity contribution in [3.05, 3.63) is 65.2 Å². The molecule has 2 aromatic rings. The standard InChI is InChI=1S/C21H23N3O5/c1-3-28-19(25)13-29-18-10-8-16(9-11-18)20(26)14(2)24-21(27)17-6-4-15(5-7-17)12-23-22/h4-11,14,22H,3,12-13H2,1-2H3,(H,24,27)/t14-/m0/s1. The fourth-order valence-corrected chi connectivity index (χ4v) is 2.51.